The average molecular weight is 407 g/mol. The van der Waals surface area contributed by atoms with Crippen molar-refractivity contribution in [1.82, 2.24) is 15.0 Å². The van der Waals surface area contributed by atoms with Crippen molar-refractivity contribution in [1.29, 1.82) is 0 Å². The minimum Gasteiger partial charge on any atom is -0.479 e. The quantitative estimate of drug-likeness (QED) is 0.427. The molecule has 2 aromatic carbocycles. The molecular weight excluding hydrogens is 386 g/mol. The van der Waals surface area contributed by atoms with E-state index in [1.807, 2.05) is 30.3 Å². The van der Waals surface area contributed by atoms with Crippen molar-refractivity contribution < 1.29 is 19.1 Å². The highest BCUT2D eigenvalue weighted by atomic mass is 16.6. The predicted molar refractivity (Wildman–Crippen MR) is 110 cm³/mol. The molecule has 1 heterocycles. The highest BCUT2D eigenvalue weighted by molar-refractivity contribution is 5.94. The van der Waals surface area contributed by atoms with Gasteiger partial charge in [0.25, 0.3) is 0 Å². The Morgan fingerprint density at radius 3 is 2.40 bits per heavy atom. The lowest BCUT2D eigenvalue weighted by Gasteiger charge is -2.14. The first kappa shape index (κ1) is 20.7. The van der Waals surface area contributed by atoms with Crippen LogP contribution in [0.25, 0.3) is 0 Å². The molecule has 1 aromatic heterocycles. The van der Waals surface area contributed by atoms with Crippen LogP contribution < -0.4 is 15.8 Å². The third-order valence-electron chi connectivity index (χ3n) is 3.98. The maximum absolute atomic E-state index is 12.2. The van der Waals surface area contributed by atoms with E-state index in [1.54, 1.807) is 31.2 Å². The summed E-state index contributed by atoms with van der Waals surface area (Å²) in [5, 5.41) is 3.01. The van der Waals surface area contributed by atoms with Gasteiger partial charge in [0, 0.05) is 11.3 Å². The Morgan fingerprint density at radius 2 is 1.73 bits per heavy atom. The molecule has 3 rings (SSSR count). The van der Waals surface area contributed by atoms with Gasteiger partial charge in [-0.25, -0.2) is 4.79 Å². The lowest BCUT2D eigenvalue weighted by molar-refractivity contribution is -0.152. The molecule has 3 aromatic rings. The standard InChI is InChI=1S/C21H21N5O4/c1-13(27)15-8-10-17(11-9-15)30-14(2)19(28)29-12-18-24-20(22)26-21(25-18)23-16-6-4-3-5-7-16/h3-11,14H,12H2,1-2H3,(H3,22,23,24,25,26)/t14-/m1/s1. The van der Waals surface area contributed by atoms with Crippen LogP contribution in [0.3, 0.4) is 0 Å². The number of nitrogens with zero attached hydrogens (tertiary/aromatic N) is 3. The molecule has 0 saturated carbocycles. The van der Waals surface area contributed by atoms with E-state index < -0.39 is 12.1 Å². The second-order valence-electron chi connectivity index (χ2n) is 6.37. The van der Waals surface area contributed by atoms with Gasteiger partial charge in [-0.15, -0.1) is 0 Å². The maximum atomic E-state index is 12.2. The Balaban J connectivity index is 1.57. The van der Waals surface area contributed by atoms with E-state index in [4.69, 9.17) is 15.2 Å². The first-order chi connectivity index (χ1) is 14.4. The molecule has 1 atom stereocenters. The van der Waals surface area contributed by atoms with Crippen molar-refractivity contribution in [3.8, 4) is 5.75 Å². The number of ether oxygens (including phenoxy) is 2. The van der Waals surface area contributed by atoms with Crippen LogP contribution in [0, 0.1) is 0 Å². The monoisotopic (exact) mass is 407 g/mol. The number of esters is 1. The van der Waals surface area contributed by atoms with Gasteiger partial charge < -0.3 is 20.5 Å². The summed E-state index contributed by atoms with van der Waals surface area (Å²) >= 11 is 0. The second kappa shape index (κ2) is 9.46. The molecule has 9 heteroatoms. The predicted octanol–water partition coefficient (Wildman–Crippen LogP) is 2.91. The number of para-hydroxylation sites is 1. The molecule has 30 heavy (non-hydrogen) atoms. The number of benzene rings is 2. The van der Waals surface area contributed by atoms with Crippen LogP contribution >= 0.6 is 0 Å². The molecule has 9 nitrogen and oxygen atoms in total. The third-order valence-corrected chi connectivity index (χ3v) is 3.98. The Kier molecular flexibility index (Phi) is 6.53. The van der Waals surface area contributed by atoms with Gasteiger partial charge in [-0.1, -0.05) is 18.2 Å². The van der Waals surface area contributed by atoms with Crippen LogP contribution in [-0.2, 0) is 16.1 Å². The summed E-state index contributed by atoms with van der Waals surface area (Å²) in [7, 11) is 0. The summed E-state index contributed by atoms with van der Waals surface area (Å²) in [6, 6.07) is 15.8. The van der Waals surface area contributed by atoms with Crippen molar-refractivity contribution in [2.24, 2.45) is 0 Å². The van der Waals surface area contributed by atoms with Gasteiger partial charge in [0.2, 0.25) is 11.9 Å². The first-order valence-corrected chi connectivity index (χ1v) is 9.17. The highest BCUT2D eigenvalue weighted by Gasteiger charge is 2.18. The number of hydrogen-bond donors (Lipinski definition) is 2. The molecule has 0 amide bonds. The summed E-state index contributed by atoms with van der Waals surface area (Å²) in [5.74, 6) is 0.253. The van der Waals surface area contributed by atoms with Crippen LogP contribution in [-0.4, -0.2) is 32.8 Å². The number of ketones is 1. The fraction of sp³-hybridized carbons (Fsp3) is 0.190. The largest absolute Gasteiger partial charge is 0.479 e. The van der Waals surface area contributed by atoms with E-state index in [0.717, 1.165) is 5.69 Å². The highest BCUT2D eigenvalue weighted by Crippen LogP contribution is 2.16. The topological polar surface area (TPSA) is 129 Å². The van der Waals surface area contributed by atoms with Crippen molar-refractivity contribution in [2.45, 2.75) is 26.6 Å². The molecule has 0 radical (unpaired) electrons. The van der Waals surface area contributed by atoms with Crippen molar-refractivity contribution in [3.05, 3.63) is 66.0 Å². The normalized spacial score (nSPS) is 11.4. The zero-order valence-corrected chi connectivity index (χ0v) is 16.5. The Labute approximate surface area is 173 Å². The molecule has 0 saturated heterocycles. The fourth-order valence-corrected chi connectivity index (χ4v) is 2.48. The first-order valence-electron chi connectivity index (χ1n) is 9.17. The Bertz CT molecular complexity index is 1030. The molecule has 0 fully saturated rings. The molecule has 0 unspecified atom stereocenters. The number of nitrogen functional groups attached to an aromatic ring is 1. The molecule has 0 aliphatic rings. The summed E-state index contributed by atoms with van der Waals surface area (Å²) in [4.78, 5) is 35.8. The average Bonchev–Trinajstić information content (AvgIpc) is 2.72. The lowest BCUT2D eigenvalue weighted by atomic mass is 10.1. The summed E-state index contributed by atoms with van der Waals surface area (Å²) in [5.41, 5.74) is 7.06. The number of aromatic nitrogens is 3. The number of Topliss-reactive ketones (excluding diaryl/α,β-unsaturated/α-hetero) is 1. The van der Waals surface area contributed by atoms with Gasteiger partial charge in [0.1, 0.15) is 5.75 Å². The lowest BCUT2D eigenvalue weighted by Crippen LogP contribution is -2.26. The number of anilines is 3. The molecule has 3 N–H and O–H groups in total. The molecule has 0 aliphatic heterocycles. The second-order valence-corrected chi connectivity index (χ2v) is 6.37. The molecule has 0 aliphatic carbocycles. The zero-order chi connectivity index (χ0) is 21.5. The van der Waals surface area contributed by atoms with Gasteiger partial charge >= 0.3 is 5.97 Å². The van der Waals surface area contributed by atoms with Crippen LogP contribution in [0.1, 0.15) is 30.0 Å². The van der Waals surface area contributed by atoms with Gasteiger partial charge in [0.05, 0.1) is 0 Å². The van der Waals surface area contributed by atoms with Crippen LogP contribution in [0.2, 0.25) is 0 Å². The summed E-state index contributed by atoms with van der Waals surface area (Å²) in [6.07, 6.45) is -0.866. The van der Waals surface area contributed by atoms with E-state index >= 15 is 0 Å². The Hall–Kier alpha value is -4.01. The number of hydrogen-bond acceptors (Lipinski definition) is 9. The van der Waals surface area contributed by atoms with Gasteiger partial charge in [0.15, 0.2) is 24.3 Å². The van der Waals surface area contributed by atoms with E-state index in [-0.39, 0.29) is 30.1 Å². The van der Waals surface area contributed by atoms with Crippen LogP contribution in [0.4, 0.5) is 17.6 Å². The Morgan fingerprint density at radius 1 is 1.03 bits per heavy atom. The van der Waals surface area contributed by atoms with Gasteiger partial charge in [-0.2, -0.15) is 15.0 Å². The van der Waals surface area contributed by atoms with E-state index in [1.165, 1.54) is 6.92 Å². The van der Waals surface area contributed by atoms with Crippen molar-refractivity contribution >= 4 is 29.3 Å². The fourth-order valence-electron chi connectivity index (χ4n) is 2.48. The maximum Gasteiger partial charge on any atom is 0.347 e. The third kappa shape index (κ3) is 5.74. The van der Waals surface area contributed by atoms with Gasteiger partial charge in [-0.3, -0.25) is 4.79 Å². The smallest absolute Gasteiger partial charge is 0.347 e. The summed E-state index contributed by atoms with van der Waals surface area (Å²) < 4.78 is 10.8. The van der Waals surface area contributed by atoms with Gasteiger partial charge in [-0.05, 0) is 50.2 Å². The van der Waals surface area contributed by atoms with Crippen LogP contribution in [0.5, 0.6) is 5.75 Å². The molecule has 0 bridgehead atoms. The number of rotatable bonds is 8. The molecular formula is C21H21N5O4. The minimum atomic E-state index is -0.866. The van der Waals surface area contributed by atoms with E-state index in [2.05, 4.69) is 20.3 Å². The molecule has 154 valence electrons. The van der Waals surface area contributed by atoms with Crippen molar-refractivity contribution in [2.75, 3.05) is 11.1 Å². The molecule has 0 spiro atoms. The zero-order valence-electron chi connectivity index (χ0n) is 16.5. The van der Waals surface area contributed by atoms with E-state index in [9.17, 15) is 9.59 Å². The number of nitrogens with two attached hydrogens (primary N) is 1. The SMILES string of the molecule is CC(=O)c1ccc(O[C@H](C)C(=O)OCc2nc(N)nc(Nc3ccccc3)n2)cc1. The van der Waals surface area contributed by atoms with E-state index in [0.29, 0.717) is 11.3 Å². The van der Waals surface area contributed by atoms with Crippen LogP contribution in [0.15, 0.2) is 54.6 Å². The number of nitrogens with one attached hydrogen (secondary N) is 1. The van der Waals surface area contributed by atoms with Crippen molar-refractivity contribution in [3.63, 3.8) is 0 Å². The summed E-state index contributed by atoms with van der Waals surface area (Å²) in [6.45, 7) is 2.85. The number of carbonyl (C=O) groups excluding carboxylic acids is 2. The number of carbonyl (C=O) groups is 2. The minimum absolute atomic E-state index is 0.00402.